The minimum absolute atomic E-state index is 0.226. The summed E-state index contributed by atoms with van der Waals surface area (Å²) in [6.45, 7) is 12.3. The average molecular weight is 306 g/mol. The van der Waals surface area contributed by atoms with Crippen LogP contribution in [-0.4, -0.2) is 28.8 Å². The third-order valence-electron chi connectivity index (χ3n) is 3.61. The molecule has 0 rings (SSSR count). The Bertz CT molecular complexity index is 216. The van der Waals surface area contributed by atoms with Gasteiger partial charge in [-0.1, -0.05) is 40.0 Å². The summed E-state index contributed by atoms with van der Waals surface area (Å²) in [6.07, 6.45) is 7.05. The van der Waals surface area contributed by atoms with E-state index in [1.54, 1.807) is 0 Å². The van der Waals surface area contributed by atoms with Gasteiger partial charge in [-0.2, -0.15) is 0 Å². The van der Waals surface area contributed by atoms with E-state index in [4.69, 9.17) is 18.7 Å². The van der Waals surface area contributed by atoms with Crippen LogP contribution >= 0.6 is 0 Å². The standard InChI is InChI=1S/C15H35NO3Si/c1-6-11-15(12-7-2,13-8-3)14-19-20(16,17-9-4)18-10-5/h6-14,16H2,1-5H3. The van der Waals surface area contributed by atoms with Crippen molar-refractivity contribution >= 4 is 8.97 Å². The van der Waals surface area contributed by atoms with Crippen LogP contribution < -0.4 is 5.40 Å². The van der Waals surface area contributed by atoms with Crippen molar-refractivity contribution in [2.45, 2.75) is 73.1 Å². The molecule has 0 radical (unpaired) electrons. The zero-order chi connectivity index (χ0) is 15.5. The zero-order valence-corrected chi connectivity index (χ0v) is 15.2. The van der Waals surface area contributed by atoms with Crippen LogP contribution in [0, 0.1) is 5.41 Å². The Morgan fingerprint density at radius 3 is 1.45 bits per heavy atom. The summed E-state index contributed by atoms with van der Waals surface area (Å²) in [4.78, 5) is 0. The lowest BCUT2D eigenvalue weighted by atomic mass is 9.76. The fraction of sp³-hybridized carbons (Fsp3) is 1.00. The molecule has 0 bridgehead atoms. The van der Waals surface area contributed by atoms with E-state index in [0.717, 1.165) is 0 Å². The van der Waals surface area contributed by atoms with Gasteiger partial charge in [0.15, 0.2) is 0 Å². The molecule has 0 aliphatic rings. The molecule has 122 valence electrons. The summed E-state index contributed by atoms with van der Waals surface area (Å²) in [6, 6.07) is 0. The minimum atomic E-state index is -2.95. The number of hydrogen-bond donors (Lipinski definition) is 1. The first-order valence-electron chi connectivity index (χ1n) is 8.22. The van der Waals surface area contributed by atoms with Crippen LogP contribution in [0.1, 0.15) is 73.1 Å². The Morgan fingerprint density at radius 1 is 0.750 bits per heavy atom. The Morgan fingerprint density at radius 2 is 1.15 bits per heavy atom. The molecule has 5 heteroatoms. The molecule has 20 heavy (non-hydrogen) atoms. The molecule has 0 fully saturated rings. The highest BCUT2D eigenvalue weighted by Crippen LogP contribution is 2.36. The molecule has 0 spiro atoms. The second kappa shape index (κ2) is 10.7. The summed E-state index contributed by atoms with van der Waals surface area (Å²) < 4.78 is 17.1. The molecule has 0 aliphatic carbocycles. The third kappa shape index (κ3) is 7.18. The molecule has 0 amide bonds. The van der Waals surface area contributed by atoms with Gasteiger partial charge in [0.2, 0.25) is 0 Å². The van der Waals surface area contributed by atoms with E-state index < -0.39 is 8.97 Å². The smallest absolute Gasteiger partial charge is 0.362 e. The molecular weight excluding hydrogens is 270 g/mol. The van der Waals surface area contributed by atoms with Crippen molar-refractivity contribution in [1.29, 1.82) is 0 Å². The third-order valence-corrected chi connectivity index (χ3v) is 5.54. The first-order valence-corrected chi connectivity index (χ1v) is 10.0. The van der Waals surface area contributed by atoms with Crippen molar-refractivity contribution in [3.63, 3.8) is 0 Å². The minimum Gasteiger partial charge on any atom is -0.362 e. The predicted molar refractivity (Wildman–Crippen MR) is 86.3 cm³/mol. The fourth-order valence-corrected chi connectivity index (χ4v) is 4.53. The molecule has 0 saturated carbocycles. The number of nitrogens with two attached hydrogens (primary N) is 1. The Labute approximate surface area is 126 Å². The van der Waals surface area contributed by atoms with Gasteiger partial charge < -0.3 is 13.3 Å². The van der Waals surface area contributed by atoms with Gasteiger partial charge in [-0.05, 0) is 38.5 Å². The first-order chi connectivity index (χ1) is 9.51. The highest BCUT2D eigenvalue weighted by atomic mass is 28.4. The molecule has 0 heterocycles. The summed E-state index contributed by atoms with van der Waals surface area (Å²) in [7, 11) is -2.95. The molecule has 4 nitrogen and oxygen atoms in total. The normalized spacial score (nSPS) is 12.9. The zero-order valence-electron chi connectivity index (χ0n) is 14.2. The molecule has 0 unspecified atom stereocenters. The van der Waals surface area contributed by atoms with Crippen LogP contribution in [0.3, 0.4) is 0 Å². The topological polar surface area (TPSA) is 53.7 Å². The van der Waals surface area contributed by atoms with Gasteiger partial charge in [-0.15, -0.1) is 0 Å². The largest absolute Gasteiger partial charge is 0.594 e. The predicted octanol–water partition coefficient (Wildman–Crippen LogP) is 3.86. The molecule has 0 aliphatic heterocycles. The maximum Gasteiger partial charge on any atom is 0.594 e. The molecule has 0 atom stereocenters. The first kappa shape index (κ1) is 20.1. The summed E-state index contributed by atoms with van der Waals surface area (Å²) >= 11 is 0. The monoisotopic (exact) mass is 305 g/mol. The van der Waals surface area contributed by atoms with Crippen LogP contribution in [0.2, 0.25) is 0 Å². The van der Waals surface area contributed by atoms with Gasteiger partial charge in [0.25, 0.3) is 0 Å². The van der Waals surface area contributed by atoms with Crippen LogP contribution in [0.25, 0.3) is 0 Å². The highest BCUT2D eigenvalue weighted by Gasteiger charge is 2.40. The van der Waals surface area contributed by atoms with Crippen molar-refractivity contribution in [1.82, 2.24) is 0 Å². The Hall–Kier alpha value is 0.0569. The maximum atomic E-state index is 6.19. The van der Waals surface area contributed by atoms with Gasteiger partial charge in [0.05, 0.1) is 0 Å². The van der Waals surface area contributed by atoms with Crippen molar-refractivity contribution in [3.05, 3.63) is 0 Å². The lowest BCUT2D eigenvalue weighted by Gasteiger charge is -2.36. The molecule has 0 saturated heterocycles. The van der Waals surface area contributed by atoms with Crippen molar-refractivity contribution in [3.8, 4) is 0 Å². The second-order valence-electron chi connectivity index (χ2n) is 5.51. The van der Waals surface area contributed by atoms with E-state index in [9.17, 15) is 0 Å². The summed E-state index contributed by atoms with van der Waals surface area (Å²) in [5.41, 5.74) is 0.226. The lowest BCUT2D eigenvalue weighted by Crippen LogP contribution is -2.57. The highest BCUT2D eigenvalue weighted by molar-refractivity contribution is 6.56. The molecule has 0 aromatic carbocycles. The van der Waals surface area contributed by atoms with Crippen LogP contribution in [0.5, 0.6) is 0 Å². The molecule has 0 aromatic rings. The SMILES string of the molecule is CCCC(CCC)(CCC)CO[Si](N)(OCC)OCC. The molecule has 0 aromatic heterocycles. The fourth-order valence-electron chi connectivity index (χ4n) is 2.96. The van der Waals surface area contributed by atoms with Gasteiger partial charge in [-0.25, -0.2) is 0 Å². The van der Waals surface area contributed by atoms with Gasteiger partial charge in [0, 0.05) is 19.8 Å². The van der Waals surface area contributed by atoms with E-state index in [1.807, 2.05) is 13.8 Å². The Balaban J connectivity index is 4.76. The molecule has 2 N–H and O–H groups in total. The van der Waals surface area contributed by atoms with E-state index in [1.165, 1.54) is 38.5 Å². The van der Waals surface area contributed by atoms with Crippen molar-refractivity contribution in [2.75, 3.05) is 19.8 Å². The Kier molecular flexibility index (Phi) is 10.8. The van der Waals surface area contributed by atoms with Crippen molar-refractivity contribution < 1.29 is 13.3 Å². The van der Waals surface area contributed by atoms with Crippen LogP contribution in [0.15, 0.2) is 0 Å². The second-order valence-corrected chi connectivity index (χ2v) is 7.58. The van der Waals surface area contributed by atoms with Crippen LogP contribution in [0.4, 0.5) is 0 Å². The maximum absolute atomic E-state index is 6.19. The van der Waals surface area contributed by atoms with E-state index in [2.05, 4.69) is 20.8 Å². The quantitative estimate of drug-likeness (QED) is 0.525. The van der Waals surface area contributed by atoms with Gasteiger partial charge >= 0.3 is 8.97 Å². The summed E-state index contributed by atoms with van der Waals surface area (Å²) in [5, 5.41) is 6.19. The number of rotatable bonds is 13. The average Bonchev–Trinajstić information content (AvgIpc) is 2.38. The lowest BCUT2D eigenvalue weighted by molar-refractivity contribution is 0.0182. The van der Waals surface area contributed by atoms with E-state index in [-0.39, 0.29) is 5.41 Å². The van der Waals surface area contributed by atoms with Gasteiger partial charge in [0.1, 0.15) is 0 Å². The van der Waals surface area contributed by atoms with Crippen molar-refractivity contribution in [2.24, 2.45) is 10.8 Å². The molecular formula is C15H35NO3Si. The summed E-state index contributed by atoms with van der Waals surface area (Å²) in [5.74, 6) is 0. The van der Waals surface area contributed by atoms with Crippen LogP contribution in [-0.2, 0) is 13.3 Å². The van der Waals surface area contributed by atoms with E-state index in [0.29, 0.717) is 19.8 Å². The van der Waals surface area contributed by atoms with Gasteiger partial charge in [-0.3, -0.25) is 5.40 Å². The number of hydrogen-bond acceptors (Lipinski definition) is 4. The van der Waals surface area contributed by atoms with E-state index >= 15 is 0 Å².